The minimum atomic E-state index is 0.286. The van der Waals surface area contributed by atoms with E-state index in [-0.39, 0.29) is 5.41 Å². The van der Waals surface area contributed by atoms with Crippen LogP contribution in [0.25, 0.3) is 0 Å². The van der Waals surface area contributed by atoms with E-state index < -0.39 is 0 Å². The molecule has 2 unspecified atom stereocenters. The molecule has 0 aliphatic heterocycles. The molecule has 0 fully saturated rings. The van der Waals surface area contributed by atoms with Crippen molar-refractivity contribution in [2.75, 3.05) is 6.54 Å². The van der Waals surface area contributed by atoms with E-state index in [2.05, 4.69) is 78.3 Å². The van der Waals surface area contributed by atoms with Gasteiger partial charge in [0.05, 0.1) is 0 Å². The average Bonchev–Trinajstić information content (AvgIpc) is 2.48. The molecular formula is C21H47N3. The first kappa shape index (κ1) is 23.9. The zero-order valence-corrected chi connectivity index (χ0v) is 18.3. The summed E-state index contributed by atoms with van der Waals surface area (Å²) in [5.41, 5.74) is 8.11. The van der Waals surface area contributed by atoms with Gasteiger partial charge in [0.2, 0.25) is 0 Å². The van der Waals surface area contributed by atoms with E-state index in [0.29, 0.717) is 17.5 Å². The molecular weight excluding hydrogens is 294 g/mol. The molecule has 2 N–H and O–H groups in total. The number of nitrogens with one attached hydrogen (secondary N) is 2. The van der Waals surface area contributed by atoms with Crippen LogP contribution >= 0.6 is 0 Å². The highest BCUT2D eigenvalue weighted by atomic mass is 15.7. The Kier molecular flexibility index (Phi) is 11.4. The normalized spacial score (nSPS) is 15.8. The third-order valence-corrected chi connectivity index (χ3v) is 5.42. The van der Waals surface area contributed by atoms with Gasteiger partial charge in [-0.1, -0.05) is 74.1 Å². The van der Waals surface area contributed by atoms with Crippen molar-refractivity contribution in [1.82, 2.24) is 16.0 Å². The largest absolute Gasteiger partial charge is 0.241 e. The zero-order chi connectivity index (χ0) is 18.8. The fraction of sp³-hybridized carbons (Fsp3) is 1.00. The number of nitrogens with zero attached hydrogens (tertiary/aromatic N) is 1. The summed E-state index contributed by atoms with van der Waals surface area (Å²) in [6, 6.07) is 0.950. The van der Waals surface area contributed by atoms with E-state index in [1.54, 1.807) is 0 Å². The Morgan fingerprint density at radius 3 is 1.96 bits per heavy atom. The fourth-order valence-corrected chi connectivity index (χ4v) is 3.37. The smallest absolute Gasteiger partial charge is 0.0422 e. The molecule has 2 atom stereocenters. The third-order valence-electron chi connectivity index (χ3n) is 5.42. The predicted molar refractivity (Wildman–Crippen MR) is 109 cm³/mol. The van der Waals surface area contributed by atoms with Crippen LogP contribution < -0.4 is 10.9 Å². The monoisotopic (exact) mass is 341 g/mol. The lowest BCUT2D eigenvalue weighted by atomic mass is 9.81. The van der Waals surface area contributed by atoms with Crippen molar-refractivity contribution in [3.63, 3.8) is 0 Å². The van der Waals surface area contributed by atoms with Gasteiger partial charge in [-0.05, 0) is 43.9 Å². The van der Waals surface area contributed by atoms with Gasteiger partial charge in [0.1, 0.15) is 0 Å². The minimum Gasteiger partial charge on any atom is -0.241 e. The molecule has 0 amide bonds. The Morgan fingerprint density at radius 2 is 1.46 bits per heavy atom. The summed E-state index contributed by atoms with van der Waals surface area (Å²) < 4.78 is 0. The molecule has 146 valence electrons. The molecule has 0 aliphatic rings. The average molecular weight is 342 g/mol. The third kappa shape index (κ3) is 9.39. The summed E-state index contributed by atoms with van der Waals surface area (Å²) >= 11 is 0. The van der Waals surface area contributed by atoms with Gasteiger partial charge in [0, 0.05) is 18.6 Å². The number of unbranched alkanes of at least 4 members (excludes halogenated alkanes) is 1. The maximum Gasteiger partial charge on any atom is 0.0422 e. The second-order valence-electron chi connectivity index (χ2n) is 9.21. The standard InChI is InChI=1S/C21H47N3/c1-10-13-14-18(4)23-24(19(5)21(8,9)16-12-3)22-17-20(6,7)15-11-2/h18-19,22-23H,10-17H2,1-9H3. The van der Waals surface area contributed by atoms with Gasteiger partial charge in [-0.15, -0.1) is 0 Å². The molecule has 0 saturated carbocycles. The Hall–Kier alpha value is -0.120. The number of hydrogen-bond donors (Lipinski definition) is 2. The van der Waals surface area contributed by atoms with Crippen molar-refractivity contribution < 1.29 is 0 Å². The van der Waals surface area contributed by atoms with Gasteiger partial charge < -0.3 is 0 Å². The van der Waals surface area contributed by atoms with Gasteiger partial charge in [0.15, 0.2) is 0 Å². The molecule has 0 radical (unpaired) electrons. The predicted octanol–water partition coefficient (Wildman–Crippen LogP) is 5.92. The Bertz CT molecular complexity index is 312. The minimum absolute atomic E-state index is 0.286. The maximum atomic E-state index is 3.75. The van der Waals surface area contributed by atoms with Gasteiger partial charge in [-0.3, -0.25) is 0 Å². The van der Waals surface area contributed by atoms with Crippen molar-refractivity contribution in [2.24, 2.45) is 10.8 Å². The Labute approximate surface area is 153 Å². The lowest BCUT2D eigenvalue weighted by Crippen LogP contribution is -2.61. The quantitative estimate of drug-likeness (QED) is 0.384. The molecule has 0 aromatic heterocycles. The van der Waals surface area contributed by atoms with E-state index >= 15 is 0 Å². The van der Waals surface area contributed by atoms with Crippen LogP contribution in [0.1, 0.15) is 107 Å². The van der Waals surface area contributed by atoms with Gasteiger partial charge in [-0.2, -0.15) is 5.12 Å². The van der Waals surface area contributed by atoms with E-state index in [0.717, 1.165) is 6.54 Å². The van der Waals surface area contributed by atoms with Crippen LogP contribution in [0.3, 0.4) is 0 Å². The zero-order valence-electron chi connectivity index (χ0n) is 18.3. The van der Waals surface area contributed by atoms with E-state index in [1.807, 2.05) is 0 Å². The molecule has 0 heterocycles. The highest BCUT2D eigenvalue weighted by Crippen LogP contribution is 2.30. The van der Waals surface area contributed by atoms with Crippen LogP contribution in [0, 0.1) is 10.8 Å². The van der Waals surface area contributed by atoms with Crippen molar-refractivity contribution in [3.05, 3.63) is 0 Å². The van der Waals surface area contributed by atoms with Crippen molar-refractivity contribution in [1.29, 1.82) is 0 Å². The summed E-state index contributed by atoms with van der Waals surface area (Å²) in [4.78, 5) is 0. The lowest BCUT2D eigenvalue weighted by Gasteiger charge is -2.43. The van der Waals surface area contributed by atoms with E-state index in [1.165, 1.54) is 44.9 Å². The SMILES string of the molecule is CCCCC(C)NN(NCC(C)(C)CCC)C(C)C(C)(C)CCC. The molecule has 0 saturated heterocycles. The first-order valence-electron chi connectivity index (χ1n) is 10.4. The van der Waals surface area contributed by atoms with Crippen LogP contribution in [0.15, 0.2) is 0 Å². The molecule has 0 rings (SSSR count). The van der Waals surface area contributed by atoms with E-state index in [9.17, 15) is 0 Å². The van der Waals surface area contributed by atoms with E-state index in [4.69, 9.17) is 0 Å². The lowest BCUT2D eigenvalue weighted by molar-refractivity contribution is -0.0214. The summed E-state index contributed by atoms with van der Waals surface area (Å²) in [5.74, 6) is 0. The fourth-order valence-electron chi connectivity index (χ4n) is 3.37. The van der Waals surface area contributed by atoms with Crippen molar-refractivity contribution >= 4 is 0 Å². The molecule has 0 spiro atoms. The van der Waals surface area contributed by atoms with Crippen LogP contribution in [-0.2, 0) is 0 Å². The van der Waals surface area contributed by atoms with Gasteiger partial charge in [0.25, 0.3) is 0 Å². The molecule has 0 aliphatic carbocycles. The summed E-state index contributed by atoms with van der Waals surface area (Å²) in [7, 11) is 0. The molecule has 3 heteroatoms. The number of hydrazine groups is 2. The molecule has 0 aromatic carbocycles. The summed E-state index contributed by atoms with van der Waals surface area (Å²) in [6.07, 6.45) is 8.76. The van der Waals surface area contributed by atoms with Crippen LogP contribution in [-0.4, -0.2) is 23.7 Å². The molecule has 0 aromatic rings. The van der Waals surface area contributed by atoms with Crippen molar-refractivity contribution in [2.45, 2.75) is 119 Å². The van der Waals surface area contributed by atoms with Gasteiger partial charge in [-0.25, -0.2) is 10.9 Å². The number of hydrogen-bond acceptors (Lipinski definition) is 3. The first-order valence-corrected chi connectivity index (χ1v) is 10.4. The van der Waals surface area contributed by atoms with Crippen molar-refractivity contribution in [3.8, 4) is 0 Å². The summed E-state index contributed by atoms with van der Waals surface area (Å²) in [5, 5.41) is 2.33. The topological polar surface area (TPSA) is 27.3 Å². The highest BCUT2D eigenvalue weighted by Gasteiger charge is 2.31. The maximum absolute atomic E-state index is 3.75. The first-order chi connectivity index (χ1) is 11.1. The Balaban J connectivity index is 4.93. The molecule has 3 nitrogen and oxygen atoms in total. The summed E-state index contributed by atoms with van der Waals surface area (Å²) in [6.45, 7) is 22.0. The molecule has 24 heavy (non-hydrogen) atoms. The van der Waals surface area contributed by atoms with Crippen LogP contribution in [0.5, 0.6) is 0 Å². The Morgan fingerprint density at radius 1 is 0.875 bits per heavy atom. The van der Waals surface area contributed by atoms with Crippen LogP contribution in [0.2, 0.25) is 0 Å². The second-order valence-corrected chi connectivity index (χ2v) is 9.21. The highest BCUT2D eigenvalue weighted by molar-refractivity contribution is 4.82. The van der Waals surface area contributed by atoms with Crippen LogP contribution in [0.4, 0.5) is 0 Å². The molecule has 0 bridgehead atoms. The second kappa shape index (κ2) is 11.5. The number of rotatable bonds is 14. The van der Waals surface area contributed by atoms with Gasteiger partial charge >= 0.3 is 0 Å².